The fourth-order valence-electron chi connectivity index (χ4n) is 2.88. The highest BCUT2D eigenvalue weighted by Crippen LogP contribution is 2.22. The van der Waals surface area contributed by atoms with Gasteiger partial charge in [0.2, 0.25) is 0 Å². The number of rotatable bonds is 2. The van der Waals surface area contributed by atoms with Crippen LogP contribution in [0.4, 0.5) is 0 Å². The number of aliphatic hydroxyl groups is 1. The normalized spacial score (nSPS) is 43.4. The lowest BCUT2D eigenvalue weighted by atomic mass is 9.97. The summed E-state index contributed by atoms with van der Waals surface area (Å²) >= 11 is 0. The second-order valence-corrected chi connectivity index (χ2v) is 5.32. The van der Waals surface area contributed by atoms with E-state index in [1.165, 1.54) is 25.8 Å². The summed E-state index contributed by atoms with van der Waals surface area (Å²) in [7, 11) is 2.20. The zero-order valence-corrected chi connectivity index (χ0v) is 9.95. The molecule has 0 aromatic carbocycles. The van der Waals surface area contributed by atoms with E-state index in [1.54, 1.807) is 0 Å². The fraction of sp³-hybridized carbons (Fsp3) is 1.00. The molecule has 2 N–H and O–H groups in total. The molecule has 1 saturated carbocycles. The molecule has 2 fully saturated rings. The Morgan fingerprint density at radius 3 is 2.67 bits per heavy atom. The highest BCUT2D eigenvalue weighted by atomic mass is 16.3. The van der Waals surface area contributed by atoms with E-state index in [0.717, 1.165) is 12.8 Å². The van der Waals surface area contributed by atoms with Crippen molar-refractivity contribution in [2.45, 2.75) is 63.3 Å². The molecule has 0 aromatic rings. The summed E-state index contributed by atoms with van der Waals surface area (Å²) in [5.41, 5.74) is 0. The van der Waals surface area contributed by atoms with Crippen molar-refractivity contribution in [1.82, 2.24) is 10.2 Å². The summed E-state index contributed by atoms with van der Waals surface area (Å²) in [5.74, 6) is 0. The third kappa shape index (κ3) is 2.71. The van der Waals surface area contributed by atoms with Gasteiger partial charge in [0.05, 0.1) is 6.10 Å². The lowest BCUT2D eigenvalue weighted by Gasteiger charge is -2.37. The standard InChI is InChI=1S/C12H24N2O/c1-9-8-10(6-7-14(9)2)13-11-4-3-5-12(11)15/h9-13,15H,3-8H2,1-2H3/t9?,10?,11-,12-/m1/s1. The summed E-state index contributed by atoms with van der Waals surface area (Å²) in [6.07, 6.45) is 5.67. The number of piperidine rings is 1. The van der Waals surface area contributed by atoms with Crippen LogP contribution in [0, 0.1) is 0 Å². The smallest absolute Gasteiger partial charge is 0.0693 e. The second kappa shape index (κ2) is 4.81. The minimum absolute atomic E-state index is 0.0973. The van der Waals surface area contributed by atoms with Crippen LogP contribution in [0.5, 0.6) is 0 Å². The van der Waals surface area contributed by atoms with Crippen LogP contribution in [-0.4, -0.2) is 47.8 Å². The Hall–Kier alpha value is -0.120. The van der Waals surface area contributed by atoms with Gasteiger partial charge in [0.15, 0.2) is 0 Å². The van der Waals surface area contributed by atoms with Crippen molar-refractivity contribution in [3.63, 3.8) is 0 Å². The number of hydrogen-bond donors (Lipinski definition) is 2. The highest BCUT2D eigenvalue weighted by Gasteiger charge is 2.29. The van der Waals surface area contributed by atoms with Crippen molar-refractivity contribution in [1.29, 1.82) is 0 Å². The lowest BCUT2D eigenvalue weighted by molar-refractivity contribution is 0.117. The minimum atomic E-state index is -0.0973. The maximum atomic E-state index is 9.76. The number of nitrogens with zero attached hydrogens (tertiary/aromatic N) is 1. The van der Waals surface area contributed by atoms with E-state index in [0.29, 0.717) is 18.1 Å². The number of nitrogens with one attached hydrogen (secondary N) is 1. The second-order valence-electron chi connectivity index (χ2n) is 5.32. The molecule has 0 radical (unpaired) electrons. The van der Waals surface area contributed by atoms with Gasteiger partial charge < -0.3 is 15.3 Å². The van der Waals surface area contributed by atoms with Crippen LogP contribution in [-0.2, 0) is 0 Å². The Bertz CT molecular complexity index is 210. The van der Waals surface area contributed by atoms with Gasteiger partial charge in [-0.25, -0.2) is 0 Å². The van der Waals surface area contributed by atoms with Gasteiger partial charge in [-0.15, -0.1) is 0 Å². The van der Waals surface area contributed by atoms with Crippen LogP contribution >= 0.6 is 0 Å². The predicted molar refractivity (Wildman–Crippen MR) is 61.9 cm³/mol. The summed E-state index contributed by atoms with van der Waals surface area (Å²) < 4.78 is 0. The van der Waals surface area contributed by atoms with Gasteiger partial charge in [0.1, 0.15) is 0 Å². The summed E-state index contributed by atoms with van der Waals surface area (Å²) in [6, 6.07) is 1.66. The third-order valence-corrected chi connectivity index (χ3v) is 4.14. The average Bonchev–Trinajstić information content (AvgIpc) is 2.59. The van der Waals surface area contributed by atoms with E-state index in [1.807, 2.05) is 0 Å². The van der Waals surface area contributed by atoms with Crippen molar-refractivity contribution in [3.05, 3.63) is 0 Å². The zero-order chi connectivity index (χ0) is 10.8. The topological polar surface area (TPSA) is 35.5 Å². The van der Waals surface area contributed by atoms with Crippen LogP contribution in [0.25, 0.3) is 0 Å². The first-order valence-corrected chi connectivity index (χ1v) is 6.31. The van der Waals surface area contributed by atoms with E-state index in [2.05, 4.69) is 24.2 Å². The summed E-state index contributed by atoms with van der Waals surface area (Å²) in [6.45, 7) is 3.47. The molecule has 1 saturated heterocycles. The van der Waals surface area contributed by atoms with Crippen LogP contribution in [0.15, 0.2) is 0 Å². The molecule has 4 atom stereocenters. The number of likely N-dealkylation sites (tertiary alicyclic amines) is 1. The monoisotopic (exact) mass is 212 g/mol. The quantitative estimate of drug-likeness (QED) is 0.716. The van der Waals surface area contributed by atoms with E-state index >= 15 is 0 Å². The predicted octanol–water partition coefficient (Wildman–Crippen LogP) is 0.972. The molecule has 1 aliphatic heterocycles. The van der Waals surface area contributed by atoms with Crippen LogP contribution in [0.1, 0.15) is 39.0 Å². The summed E-state index contributed by atoms with van der Waals surface area (Å²) in [4.78, 5) is 2.42. The maximum Gasteiger partial charge on any atom is 0.0693 e. The van der Waals surface area contributed by atoms with Gasteiger partial charge in [0.25, 0.3) is 0 Å². The Kier molecular flexibility index (Phi) is 3.65. The van der Waals surface area contributed by atoms with Crippen LogP contribution in [0.3, 0.4) is 0 Å². The van der Waals surface area contributed by atoms with E-state index in [9.17, 15) is 5.11 Å². The van der Waals surface area contributed by atoms with Crippen LogP contribution in [0.2, 0.25) is 0 Å². The van der Waals surface area contributed by atoms with Crippen molar-refractivity contribution < 1.29 is 5.11 Å². The molecule has 0 aromatic heterocycles. The first kappa shape index (κ1) is 11.4. The largest absolute Gasteiger partial charge is 0.392 e. The molecule has 3 nitrogen and oxygen atoms in total. The lowest BCUT2D eigenvalue weighted by Crippen LogP contribution is -2.50. The molecule has 0 spiro atoms. The molecule has 88 valence electrons. The third-order valence-electron chi connectivity index (χ3n) is 4.14. The van der Waals surface area contributed by atoms with Crippen molar-refractivity contribution in [2.75, 3.05) is 13.6 Å². The van der Waals surface area contributed by atoms with E-state index < -0.39 is 0 Å². The van der Waals surface area contributed by atoms with Gasteiger partial charge in [0, 0.05) is 18.1 Å². The number of aliphatic hydroxyl groups excluding tert-OH is 1. The van der Waals surface area contributed by atoms with Crippen molar-refractivity contribution in [2.24, 2.45) is 0 Å². The fourth-order valence-corrected chi connectivity index (χ4v) is 2.88. The Labute approximate surface area is 92.8 Å². The molecule has 1 aliphatic carbocycles. The Morgan fingerprint density at radius 2 is 2.07 bits per heavy atom. The number of hydrogen-bond acceptors (Lipinski definition) is 3. The van der Waals surface area contributed by atoms with Crippen molar-refractivity contribution >= 4 is 0 Å². The molecular formula is C12H24N2O. The van der Waals surface area contributed by atoms with Gasteiger partial charge in [-0.1, -0.05) is 0 Å². The SMILES string of the molecule is CC1CC(N[C@@H]2CCC[C@H]2O)CCN1C. The van der Waals surface area contributed by atoms with E-state index in [4.69, 9.17) is 0 Å². The molecular weight excluding hydrogens is 188 g/mol. The van der Waals surface area contributed by atoms with Gasteiger partial charge in [-0.2, -0.15) is 0 Å². The molecule has 3 heteroatoms. The van der Waals surface area contributed by atoms with Gasteiger partial charge >= 0.3 is 0 Å². The Balaban J connectivity index is 1.80. The first-order valence-electron chi connectivity index (χ1n) is 6.31. The molecule has 2 rings (SSSR count). The Morgan fingerprint density at radius 1 is 1.27 bits per heavy atom. The molecule has 2 aliphatic rings. The van der Waals surface area contributed by atoms with Gasteiger partial charge in [-0.3, -0.25) is 0 Å². The average molecular weight is 212 g/mol. The highest BCUT2D eigenvalue weighted by molar-refractivity contribution is 4.89. The van der Waals surface area contributed by atoms with E-state index in [-0.39, 0.29) is 6.10 Å². The zero-order valence-electron chi connectivity index (χ0n) is 9.95. The molecule has 15 heavy (non-hydrogen) atoms. The summed E-state index contributed by atoms with van der Waals surface area (Å²) in [5, 5.41) is 13.4. The minimum Gasteiger partial charge on any atom is -0.392 e. The molecule has 0 bridgehead atoms. The maximum absolute atomic E-state index is 9.76. The molecule has 2 unspecified atom stereocenters. The van der Waals surface area contributed by atoms with Gasteiger partial charge in [-0.05, 0) is 52.6 Å². The first-order chi connectivity index (χ1) is 7.16. The molecule has 1 heterocycles. The van der Waals surface area contributed by atoms with Crippen LogP contribution < -0.4 is 5.32 Å². The van der Waals surface area contributed by atoms with Crippen molar-refractivity contribution in [3.8, 4) is 0 Å². The molecule has 0 amide bonds.